The maximum Gasteiger partial charge on any atom is 0.283 e. The van der Waals surface area contributed by atoms with E-state index < -0.39 is 19.1 Å². The summed E-state index contributed by atoms with van der Waals surface area (Å²) in [6.07, 6.45) is 1.59. The van der Waals surface area contributed by atoms with Crippen molar-refractivity contribution < 1.29 is 18.3 Å². The first-order valence-electron chi connectivity index (χ1n) is 5.82. The second-order valence-corrected chi connectivity index (χ2v) is 5.26. The number of hydrogen-bond acceptors (Lipinski definition) is 5. The summed E-state index contributed by atoms with van der Waals surface area (Å²) in [6, 6.07) is 0. The van der Waals surface area contributed by atoms with Crippen molar-refractivity contribution in [2.24, 2.45) is 0 Å². The van der Waals surface area contributed by atoms with Crippen molar-refractivity contribution in [1.29, 1.82) is 0 Å². The number of rotatable bonds is 3. The third-order valence-corrected chi connectivity index (χ3v) is 3.61. The number of amides is 1. The summed E-state index contributed by atoms with van der Waals surface area (Å²) in [4.78, 5) is 18.8. The number of nitrogens with zero attached hydrogens (tertiary/aromatic N) is 3. The van der Waals surface area contributed by atoms with Crippen molar-refractivity contribution >= 4 is 22.4 Å². The van der Waals surface area contributed by atoms with Crippen LogP contribution in [0.3, 0.4) is 0 Å². The van der Waals surface area contributed by atoms with E-state index in [1.807, 2.05) is 0 Å². The zero-order chi connectivity index (χ0) is 13.9. The number of aromatic nitrogens is 1. The van der Waals surface area contributed by atoms with Gasteiger partial charge in [0.15, 0.2) is 5.13 Å². The van der Waals surface area contributed by atoms with Gasteiger partial charge in [0.1, 0.15) is 6.61 Å². The molecule has 1 aliphatic rings. The summed E-state index contributed by atoms with van der Waals surface area (Å²) in [5.41, 5.74) is 0. The maximum atomic E-state index is 13.3. The standard InChI is InChI=1S/C11H15F2N3O2S/c1-15(10-14-2-5-19-10)9(17)6-16-3-4-18-8-11(12,13)7-16/h2,5H,3-4,6-8H2,1H3. The fourth-order valence-electron chi connectivity index (χ4n) is 1.79. The highest BCUT2D eigenvalue weighted by Gasteiger charge is 2.35. The molecule has 0 aromatic carbocycles. The number of likely N-dealkylation sites (N-methyl/N-ethyl adjacent to an activating group) is 1. The fraction of sp³-hybridized carbons (Fsp3) is 0.636. The monoisotopic (exact) mass is 291 g/mol. The highest BCUT2D eigenvalue weighted by atomic mass is 32.1. The SMILES string of the molecule is CN(C(=O)CN1CCOCC(F)(F)C1)c1nccs1. The number of carbonyl (C=O) groups is 1. The molecule has 1 saturated heterocycles. The average molecular weight is 291 g/mol. The zero-order valence-electron chi connectivity index (χ0n) is 10.5. The van der Waals surface area contributed by atoms with Crippen molar-refractivity contribution in [2.45, 2.75) is 5.92 Å². The van der Waals surface area contributed by atoms with Gasteiger partial charge in [0.2, 0.25) is 5.91 Å². The molecule has 0 unspecified atom stereocenters. The molecule has 0 aliphatic carbocycles. The molecular weight excluding hydrogens is 276 g/mol. The number of thiazole rings is 1. The average Bonchev–Trinajstić information content (AvgIpc) is 2.81. The van der Waals surface area contributed by atoms with Crippen LogP contribution in [0.2, 0.25) is 0 Å². The fourth-order valence-corrected chi connectivity index (χ4v) is 2.41. The van der Waals surface area contributed by atoms with Crippen molar-refractivity contribution in [3.8, 4) is 0 Å². The van der Waals surface area contributed by atoms with Crippen LogP contribution in [0.15, 0.2) is 11.6 Å². The zero-order valence-corrected chi connectivity index (χ0v) is 11.3. The van der Waals surface area contributed by atoms with Crippen molar-refractivity contribution in [3.63, 3.8) is 0 Å². The summed E-state index contributed by atoms with van der Waals surface area (Å²) >= 11 is 1.33. The van der Waals surface area contributed by atoms with E-state index in [0.29, 0.717) is 11.7 Å². The van der Waals surface area contributed by atoms with Gasteiger partial charge in [0, 0.05) is 25.2 Å². The predicted molar refractivity (Wildman–Crippen MR) is 67.7 cm³/mol. The number of anilines is 1. The first-order valence-corrected chi connectivity index (χ1v) is 6.70. The minimum absolute atomic E-state index is 0.0605. The minimum Gasteiger partial charge on any atom is -0.374 e. The molecule has 1 aromatic heterocycles. The molecule has 0 radical (unpaired) electrons. The molecule has 1 aromatic rings. The van der Waals surface area contributed by atoms with E-state index in [-0.39, 0.29) is 19.1 Å². The highest BCUT2D eigenvalue weighted by molar-refractivity contribution is 7.13. The molecule has 19 heavy (non-hydrogen) atoms. The second-order valence-electron chi connectivity index (χ2n) is 4.39. The highest BCUT2D eigenvalue weighted by Crippen LogP contribution is 2.19. The maximum absolute atomic E-state index is 13.3. The molecule has 106 valence electrons. The molecule has 2 rings (SSSR count). The van der Waals surface area contributed by atoms with Crippen LogP contribution in [0.25, 0.3) is 0 Å². The smallest absolute Gasteiger partial charge is 0.283 e. The molecular formula is C11H15F2N3O2S. The van der Waals surface area contributed by atoms with Gasteiger partial charge in [-0.25, -0.2) is 13.8 Å². The molecule has 2 heterocycles. The van der Waals surface area contributed by atoms with Gasteiger partial charge in [-0.15, -0.1) is 11.3 Å². The number of hydrogen-bond donors (Lipinski definition) is 0. The lowest BCUT2D eigenvalue weighted by Crippen LogP contribution is -2.43. The molecule has 1 fully saturated rings. The van der Waals surface area contributed by atoms with Crippen LogP contribution in [0.1, 0.15) is 0 Å². The van der Waals surface area contributed by atoms with Gasteiger partial charge in [-0.1, -0.05) is 0 Å². The Kier molecular flexibility index (Phi) is 4.43. The number of carbonyl (C=O) groups excluding carboxylic acids is 1. The van der Waals surface area contributed by atoms with E-state index in [1.165, 1.54) is 21.1 Å². The van der Waals surface area contributed by atoms with Crippen LogP contribution in [0, 0.1) is 0 Å². The Morgan fingerprint density at radius 2 is 2.47 bits per heavy atom. The Morgan fingerprint density at radius 3 is 3.16 bits per heavy atom. The van der Waals surface area contributed by atoms with Crippen LogP contribution in [0.5, 0.6) is 0 Å². The molecule has 1 aliphatic heterocycles. The van der Waals surface area contributed by atoms with Gasteiger partial charge in [-0.05, 0) is 0 Å². The second kappa shape index (κ2) is 5.89. The van der Waals surface area contributed by atoms with E-state index in [0.717, 1.165) is 0 Å². The molecule has 1 amide bonds. The van der Waals surface area contributed by atoms with Crippen LogP contribution < -0.4 is 4.90 Å². The number of ether oxygens (including phenoxy) is 1. The molecule has 0 atom stereocenters. The lowest BCUT2D eigenvalue weighted by molar-refractivity contribution is -0.120. The number of alkyl halides is 2. The molecule has 5 nitrogen and oxygen atoms in total. The molecule has 0 N–H and O–H groups in total. The van der Waals surface area contributed by atoms with Gasteiger partial charge in [-0.2, -0.15) is 0 Å². The summed E-state index contributed by atoms with van der Waals surface area (Å²) in [7, 11) is 1.59. The first kappa shape index (κ1) is 14.3. The van der Waals surface area contributed by atoms with Gasteiger partial charge in [-0.3, -0.25) is 14.6 Å². The minimum atomic E-state index is -2.91. The third-order valence-electron chi connectivity index (χ3n) is 2.76. The van der Waals surface area contributed by atoms with Crippen LogP contribution >= 0.6 is 11.3 Å². The molecule has 0 saturated carbocycles. The summed E-state index contributed by atoms with van der Waals surface area (Å²) in [5.74, 6) is -3.16. The predicted octanol–water partition coefficient (Wildman–Crippen LogP) is 1.07. The molecule has 0 bridgehead atoms. The van der Waals surface area contributed by atoms with E-state index in [1.54, 1.807) is 18.6 Å². The molecule has 0 spiro atoms. The van der Waals surface area contributed by atoms with Crippen molar-refractivity contribution in [2.75, 3.05) is 44.8 Å². The Hall–Kier alpha value is -1.12. The Balaban J connectivity index is 1.94. The largest absolute Gasteiger partial charge is 0.374 e. The van der Waals surface area contributed by atoms with E-state index in [9.17, 15) is 13.6 Å². The lowest BCUT2D eigenvalue weighted by atomic mass is 10.3. The van der Waals surface area contributed by atoms with Gasteiger partial charge < -0.3 is 4.74 Å². The van der Waals surface area contributed by atoms with Gasteiger partial charge in [0.25, 0.3) is 5.92 Å². The summed E-state index contributed by atoms with van der Waals surface area (Å²) < 4.78 is 31.5. The van der Waals surface area contributed by atoms with E-state index in [2.05, 4.69) is 4.98 Å². The molecule has 8 heteroatoms. The summed E-state index contributed by atoms with van der Waals surface area (Å²) in [6.45, 7) is -0.559. The normalized spacial score (nSPS) is 19.9. The lowest BCUT2D eigenvalue weighted by Gasteiger charge is -2.24. The van der Waals surface area contributed by atoms with Gasteiger partial charge in [0.05, 0.1) is 19.7 Å². The Bertz CT molecular complexity index is 428. The van der Waals surface area contributed by atoms with Crippen molar-refractivity contribution in [3.05, 3.63) is 11.6 Å². The Labute approximate surface area is 113 Å². The van der Waals surface area contributed by atoms with Crippen LogP contribution in [-0.4, -0.2) is 61.6 Å². The van der Waals surface area contributed by atoms with E-state index in [4.69, 9.17) is 4.74 Å². The first-order chi connectivity index (χ1) is 8.98. The number of halogens is 2. The quantitative estimate of drug-likeness (QED) is 0.836. The third kappa shape index (κ3) is 3.92. The van der Waals surface area contributed by atoms with Gasteiger partial charge >= 0.3 is 0 Å². The van der Waals surface area contributed by atoms with E-state index >= 15 is 0 Å². The van der Waals surface area contributed by atoms with Crippen molar-refractivity contribution in [1.82, 2.24) is 9.88 Å². The summed E-state index contributed by atoms with van der Waals surface area (Å²) in [5, 5.41) is 2.32. The van der Waals surface area contributed by atoms with Crippen LogP contribution in [0.4, 0.5) is 13.9 Å². The topological polar surface area (TPSA) is 45.7 Å². The van der Waals surface area contributed by atoms with Crippen LogP contribution in [-0.2, 0) is 9.53 Å². The Morgan fingerprint density at radius 1 is 1.68 bits per heavy atom.